The van der Waals surface area contributed by atoms with Gasteiger partial charge in [0.25, 0.3) is 0 Å². The van der Waals surface area contributed by atoms with Crippen LogP contribution in [0.3, 0.4) is 0 Å². The number of nitrogens with one attached hydrogen (secondary N) is 1. The number of hydrogen-bond donors (Lipinski definition) is 1. The summed E-state index contributed by atoms with van der Waals surface area (Å²) in [5.41, 5.74) is 3.77. The normalized spacial score (nSPS) is 13.9. The number of benzene rings is 2. The predicted octanol–water partition coefficient (Wildman–Crippen LogP) is 3.91. The molecule has 3 aromatic rings. The first-order chi connectivity index (χ1) is 15.9. The Morgan fingerprint density at radius 2 is 1.91 bits per heavy atom. The first-order valence-electron chi connectivity index (χ1n) is 10.3. The summed E-state index contributed by atoms with van der Waals surface area (Å²) in [6.45, 7) is 3.55. The molecule has 5 rings (SSSR count). The number of fused-ring (bicyclic) bond motifs is 2. The summed E-state index contributed by atoms with van der Waals surface area (Å²) in [6.07, 6.45) is 0. The zero-order valence-electron chi connectivity index (χ0n) is 18.0. The lowest BCUT2D eigenvalue weighted by molar-refractivity contribution is -0.113. The van der Waals surface area contributed by atoms with E-state index in [1.807, 2.05) is 36.6 Å². The van der Waals surface area contributed by atoms with E-state index in [2.05, 4.69) is 5.32 Å². The van der Waals surface area contributed by atoms with E-state index in [4.69, 9.17) is 14.2 Å². The first-order valence-corrected chi connectivity index (χ1v) is 11.3. The zero-order valence-corrected chi connectivity index (χ0v) is 18.8. The molecule has 0 atom stereocenters. The van der Waals surface area contributed by atoms with Crippen molar-refractivity contribution < 1.29 is 28.6 Å². The summed E-state index contributed by atoms with van der Waals surface area (Å²) in [7, 11) is 0. The van der Waals surface area contributed by atoms with Gasteiger partial charge in [0.05, 0.1) is 17.0 Å². The van der Waals surface area contributed by atoms with Crippen LogP contribution in [0.5, 0.6) is 11.5 Å². The molecule has 0 spiro atoms. The smallest absolute Gasteiger partial charge is 0.338 e. The largest absolute Gasteiger partial charge is 0.454 e. The van der Waals surface area contributed by atoms with Crippen LogP contribution in [0, 0.1) is 13.8 Å². The van der Waals surface area contributed by atoms with Gasteiger partial charge in [0.15, 0.2) is 18.1 Å². The molecule has 9 heteroatoms. The molecule has 0 bridgehead atoms. The lowest BCUT2D eigenvalue weighted by atomic mass is 10.1. The van der Waals surface area contributed by atoms with Crippen molar-refractivity contribution in [3.05, 3.63) is 65.0 Å². The maximum atomic E-state index is 12.9. The molecular formula is C24H20N2O6S. The topological polar surface area (TPSA) is 95.9 Å². The minimum absolute atomic E-state index is 0.119. The van der Waals surface area contributed by atoms with Gasteiger partial charge in [0.1, 0.15) is 0 Å². The Kier molecular flexibility index (Phi) is 5.33. The Morgan fingerprint density at radius 1 is 1.09 bits per heavy atom. The van der Waals surface area contributed by atoms with E-state index in [1.54, 1.807) is 24.3 Å². The van der Waals surface area contributed by atoms with Gasteiger partial charge in [-0.25, -0.2) is 4.79 Å². The molecule has 0 radical (unpaired) electrons. The highest BCUT2D eigenvalue weighted by molar-refractivity contribution is 8.00. The van der Waals surface area contributed by atoms with Crippen LogP contribution >= 0.6 is 11.8 Å². The van der Waals surface area contributed by atoms with Crippen LogP contribution in [0.2, 0.25) is 0 Å². The van der Waals surface area contributed by atoms with Crippen molar-refractivity contribution >= 4 is 35.1 Å². The van der Waals surface area contributed by atoms with Gasteiger partial charge in [-0.15, -0.1) is 11.8 Å². The number of aromatic nitrogens is 1. The molecule has 8 nitrogen and oxygen atoms in total. The average Bonchev–Trinajstić information content (AvgIpc) is 3.39. The van der Waals surface area contributed by atoms with Crippen molar-refractivity contribution in [1.29, 1.82) is 0 Å². The molecule has 1 N–H and O–H groups in total. The van der Waals surface area contributed by atoms with Crippen LogP contribution in [0.25, 0.3) is 5.69 Å². The third-order valence-corrected chi connectivity index (χ3v) is 6.60. The fraction of sp³-hybridized carbons (Fsp3) is 0.208. The number of hydrogen-bond acceptors (Lipinski definition) is 7. The van der Waals surface area contributed by atoms with Gasteiger partial charge >= 0.3 is 5.97 Å². The van der Waals surface area contributed by atoms with Gasteiger partial charge < -0.3 is 24.1 Å². The molecule has 2 aromatic carbocycles. The summed E-state index contributed by atoms with van der Waals surface area (Å²) < 4.78 is 18.0. The molecule has 168 valence electrons. The van der Waals surface area contributed by atoms with Crippen molar-refractivity contribution in [2.24, 2.45) is 0 Å². The van der Waals surface area contributed by atoms with Crippen molar-refractivity contribution in [2.45, 2.75) is 18.7 Å². The standard InChI is InChI=1S/C24H20N2O6S/c1-13-7-17(14(2)26(13)16-4-5-20-21(9-16)32-12-31-20)19(27)10-30-24(29)15-3-6-22-18(8-15)25-23(28)11-33-22/h3-9H,10-12H2,1-2H3,(H,25,28). The summed E-state index contributed by atoms with van der Waals surface area (Å²) in [5, 5.41) is 2.74. The van der Waals surface area contributed by atoms with E-state index in [9.17, 15) is 14.4 Å². The lowest BCUT2D eigenvalue weighted by Crippen LogP contribution is -2.19. The Hall–Kier alpha value is -3.72. The van der Waals surface area contributed by atoms with Crippen LogP contribution in [0.15, 0.2) is 47.4 Å². The van der Waals surface area contributed by atoms with Gasteiger partial charge in [-0.2, -0.15) is 0 Å². The summed E-state index contributed by atoms with van der Waals surface area (Å²) in [5.74, 6) is 0.638. The second-order valence-electron chi connectivity index (χ2n) is 7.70. The molecular weight excluding hydrogens is 444 g/mol. The highest BCUT2D eigenvalue weighted by atomic mass is 32.2. The second kappa shape index (κ2) is 8.32. The number of carbonyl (C=O) groups excluding carboxylic acids is 3. The third kappa shape index (κ3) is 3.95. The number of rotatable bonds is 5. The monoisotopic (exact) mass is 464 g/mol. The van der Waals surface area contributed by atoms with Gasteiger partial charge in [0, 0.05) is 33.6 Å². The summed E-state index contributed by atoms with van der Waals surface area (Å²) in [6, 6.07) is 12.3. The Morgan fingerprint density at radius 3 is 2.76 bits per heavy atom. The quantitative estimate of drug-likeness (QED) is 0.452. The second-order valence-corrected chi connectivity index (χ2v) is 8.72. The number of ketones is 1. The molecule has 1 amide bonds. The number of carbonyl (C=O) groups is 3. The first kappa shape index (κ1) is 21.1. The maximum absolute atomic E-state index is 12.9. The Labute approximate surface area is 193 Å². The minimum atomic E-state index is -0.624. The van der Waals surface area contributed by atoms with E-state index in [0.29, 0.717) is 28.5 Å². The van der Waals surface area contributed by atoms with Gasteiger partial charge in [-0.05, 0) is 50.2 Å². The summed E-state index contributed by atoms with van der Waals surface area (Å²) >= 11 is 1.41. The molecule has 0 saturated heterocycles. The van der Waals surface area contributed by atoms with E-state index < -0.39 is 5.97 Å². The van der Waals surface area contributed by atoms with Crippen LogP contribution in [-0.4, -0.2) is 41.4 Å². The maximum Gasteiger partial charge on any atom is 0.338 e. The number of anilines is 1. The SMILES string of the molecule is Cc1cc(C(=O)COC(=O)c2ccc3c(c2)NC(=O)CS3)c(C)n1-c1ccc2c(c1)OCO2. The Balaban J connectivity index is 1.31. The van der Waals surface area contributed by atoms with E-state index in [0.717, 1.165) is 22.0 Å². The number of esters is 1. The molecule has 0 fully saturated rings. The molecule has 0 saturated carbocycles. The number of thioether (sulfide) groups is 1. The van der Waals surface area contributed by atoms with E-state index in [1.165, 1.54) is 11.8 Å². The van der Waals surface area contributed by atoms with E-state index >= 15 is 0 Å². The number of amides is 1. The highest BCUT2D eigenvalue weighted by Gasteiger charge is 2.22. The molecule has 0 aliphatic carbocycles. The zero-order chi connectivity index (χ0) is 23.1. The van der Waals surface area contributed by atoms with Crippen molar-refractivity contribution in [3.63, 3.8) is 0 Å². The number of Topliss-reactive ketones (excluding diaryl/α,β-unsaturated/α-hetero) is 1. The molecule has 3 heterocycles. The number of aryl methyl sites for hydroxylation is 1. The number of ether oxygens (including phenoxy) is 3. The average molecular weight is 464 g/mol. The van der Waals surface area contributed by atoms with Crippen molar-refractivity contribution in [1.82, 2.24) is 4.57 Å². The van der Waals surface area contributed by atoms with Crippen molar-refractivity contribution in [2.75, 3.05) is 24.5 Å². The highest BCUT2D eigenvalue weighted by Crippen LogP contribution is 2.35. The fourth-order valence-corrected chi connectivity index (χ4v) is 4.76. The molecule has 33 heavy (non-hydrogen) atoms. The van der Waals surface area contributed by atoms with Crippen LogP contribution in [0.4, 0.5) is 5.69 Å². The fourth-order valence-electron chi connectivity index (χ4n) is 3.97. The number of nitrogens with zero attached hydrogens (tertiary/aromatic N) is 1. The minimum Gasteiger partial charge on any atom is -0.454 e. The van der Waals surface area contributed by atoms with Gasteiger partial charge in [0.2, 0.25) is 18.5 Å². The molecule has 1 aromatic heterocycles. The lowest BCUT2D eigenvalue weighted by Gasteiger charge is -2.16. The molecule has 2 aliphatic heterocycles. The predicted molar refractivity (Wildman–Crippen MR) is 122 cm³/mol. The van der Waals surface area contributed by atoms with Gasteiger partial charge in [-0.3, -0.25) is 9.59 Å². The third-order valence-electron chi connectivity index (χ3n) is 5.53. The molecule has 2 aliphatic rings. The van der Waals surface area contributed by atoms with Crippen LogP contribution in [0.1, 0.15) is 32.1 Å². The van der Waals surface area contributed by atoms with Crippen LogP contribution < -0.4 is 14.8 Å². The van der Waals surface area contributed by atoms with Crippen molar-refractivity contribution in [3.8, 4) is 17.2 Å². The molecule has 0 unspecified atom stereocenters. The van der Waals surface area contributed by atoms with Gasteiger partial charge in [-0.1, -0.05) is 0 Å². The van der Waals surface area contributed by atoms with Crippen LogP contribution in [-0.2, 0) is 9.53 Å². The van der Waals surface area contributed by atoms with E-state index in [-0.39, 0.29) is 30.7 Å². The Bertz CT molecular complexity index is 1310. The summed E-state index contributed by atoms with van der Waals surface area (Å²) in [4.78, 5) is 37.9.